The van der Waals surface area contributed by atoms with Crippen LogP contribution in [0, 0.1) is 0 Å². The van der Waals surface area contributed by atoms with Gasteiger partial charge in [0.1, 0.15) is 5.75 Å². The van der Waals surface area contributed by atoms with Crippen LogP contribution in [0.2, 0.25) is 0 Å². The summed E-state index contributed by atoms with van der Waals surface area (Å²) in [5.74, 6) is 4.48. The number of hydrazine groups is 1. The van der Waals surface area contributed by atoms with Gasteiger partial charge in [0.05, 0.1) is 23.4 Å². The van der Waals surface area contributed by atoms with E-state index in [0.29, 0.717) is 17.9 Å². The van der Waals surface area contributed by atoms with Gasteiger partial charge >= 0.3 is 12.0 Å². The molecular weight excluding hydrogens is 328 g/mol. The minimum absolute atomic E-state index is 0.0131. The first-order chi connectivity index (χ1) is 11.9. The van der Waals surface area contributed by atoms with Crippen LogP contribution in [0.5, 0.6) is 5.75 Å². The van der Waals surface area contributed by atoms with Gasteiger partial charge in [-0.1, -0.05) is 12.1 Å². The second-order valence-corrected chi connectivity index (χ2v) is 5.01. The molecule has 0 fully saturated rings. The van der Waals surface area contributed by atoms with Crippen LogP contribution >= 0.6 is 0 Å². The number of hydrogen-bond acceptors (Lipinski definition) is 7. The lowest BCUT2D eigenvalue weighted by molar-refractivity contribution is 0.0696. The number of aromatic hydroxyl groups is 1. The van der Waals surface area contributed by atoms with E-state index in [2.05, 4.69) is 20.5 Å². The summed E-state index contributed by atoms with van der Waals surface area (Å²) < 4.78 is 0. The SMILES string of the molecule is CC1=NNC(=O)N(N)C1.O=C(O)c1cnc(-c2ccccc2O)nc1. The molecular formula is C15H16N6O4. The molecule has 2 amide bonds. The molecule has 0 radical (unpaired) electrons. The molecule has 0 spiro atoms. The quantitative estimate of drug-likeness (QED) is 0.464. The highest BCUT2D eigenvalue weighted by molar-refractivity contribution is 5.91. The van der Waals surface area contributed by atoms with Crippen LogP contribution in [0.4, 0.5) is 4.79 Å². The number of phenolic OH excluding ortho intramolecular Hbond substituents is 1. The molecule has 25 heavy (non-hydrogen) atoms. The molecule has 10 heteroatoms. The van der Waals surface area contributed by atoms with Crippen LogP contribution in [0.25, 0.3) is 11.4 Å². The summed E-state index contributed by atoms with van der Waals surface area (Å²) in [5, 5.41) is 22.9. The standard InChI is InChI=1S/C11H8N2O3.C4H8N4O/c14-9-4-2-1-3-8(9)10-12-5-7(6-13-10)11(15)16;1-3-2-8(5)4(9)7-6-3/h1-6,14H,(H,15,16);2,5H2,1H3,(H,7,9). The molecule has 1 aliphatic rings. The maximum atomic E-state index is 10.6. The number of nitrogens with zero attached hydrogens (tertiary/aromatic N) is 4. The molecule has 2 heterocycles. The number of nitrogens with two attached hydrogens (primary N) is 1. The number of phenols is 1. The first-order valence-electron chi connectivity index (χ1n) is 7.07. The predicted molar refractivity (Wildman–Crippen MR) is 88.6 cm³/mol. The Hall–Kier alpha value is -3.53. The van der Waals surface area contributed by atoms with Crippen molar-refractivity contribution in [2.45, 2.75) is 6.92 Å². The van der Waals surface area contributed by atoms with Crippen molar-refractivity contribution in [3.8, 4) is 17.1 Å². The molecule has 10 nitrogen and oxygen atoms in total. The third-order valence-corrected chi connectivity index (χ3v) is 3.05. The van der Waals surface area contributed by atoms with Crippen molar-refractivity contribution >= 4 is 17.7 Å². The number of rotatable bonds is 2. The molecule has 3 rings (SSSR count). The number of amides is 2. The van der Waals surface area contributed by atoms with Crippen LogP contribution in [0.3, 0.4) is 0 Å². The second-order valence-electron chi connectivity index (χ2n) is 5.01. The number of hydrogen-bond donors (Lipinski definition) is 4. The normalized spacial score (nSPS) is 13.3. The molecule has 1 aromatic heterocycles. The summed E-state index contributed by atoms with van der Waals surface area (Å²) in [4.78, 5) is 28.9. The molecule has 5 N–H and O–H groups in total. The average Bonchev–Trinajstić information content (AvgIpc) is 2.59. The van der Waals surface area contributed by atoms with Crippen LogP contribution < -0.4 is 11.3 Å². The van der Waals surface area contributed by atoms with Crippen LogP contribution in [0.1, 0.15) is 17.3 Å². The van der Waals surface area contributed by atoms with E-state index in [1.165, 1.54) is 18.5 Å². The van der Waals surface area contributed by atoms with Crippen molar-refractivity contribution < 1.29 is 19.8 Å². The maximum Gasteiger partial charge on any atom is 0.352 e. The summed E-state index contributed by atoms with van der Waals surface area (Å²) in [5.41, 5.74) is 3.52. The first-order valence-corrected chi connectivity index (χ1v) is 7.07. The van der Waals surface area contributed by atoms with E-state index in [-0.39, 0.29) is 17.3 Å². The molecule has 130 valence electrons. The minimum atomic E-state index is -1.08. The molecule has 0 atom stereocenters. The zero-order valence-corrected chi connectivity index (χ0v) is 13.2. The number of carbonyl (C=O) groups is 2. The van der Waals surface area contributed by atoms with Gasteiger partial charge in [-0.15, -0.1) is 0 Å². The largest absolute Gasteiger partial charge is 0.507 e. The molecule has 0 unspecified atom stereocenters. The number of aromatic nitrogens is 2. The Kier molecular flexibility index (Phi) is 5.58. The van der Waals surface area contributed by atoms with Gasteiger partial charge in [0.15, 0.2) is 5.82 Å². The number of carboxylic acid groups (broad SMARTS) is 1. The lowest BCUT2D eigenvalue weighted by atomic mass is 10.2. The Morgan fingerprint density at radius 2 is 1.92 bits per heavy atom. The lowest BCUT2D eigenvalue weighted by Crippen LogP contribution is -2.49. The number of benzene rings is 1. The Morgan fingerprint density at radius 3 is 2.44 bits per heavy atom. The Bertz CT molecular complexity index is 806. The number of hydrazone groups is 1. The summed E-state index contributed by atoms with van der Waals surface area (Å²) in [6, 6.07) is 6.24. The third-order valence-electron chi connectivity index (χ3n) is 3.05. The lowest BCUT2D eigenvalue weighted by Gasteiger charge is -2.19. The number of nitrogens with one attached hydrogen (secondary N) is 1. The van der Waals surface area contributed by atoms with E-state index in [0.717, 1.165) is 10.7 Å². The van der Waals surface area contributed by atoms with Crippen molar-refractivity contribution in [2.75, 3.05) is 6.54 Å². The molecule has 1 aliphatic heterocycles. The average molecular weight is 344 g/mol. The number of para-hydroxylation sites is 1. The number of carboxylic acids is 1. The van der Waals surface area contributed by atoms with E-state index < -0.39 is 5.97 Å². The van der Waals surface area contributed by atoms with Crippen molar-refractivity contribution in [3.63, 3.8) is 0 Å². The molecule has 0 bridgehead atoms. The van der Waals surface area contributed by atoms with E-state index in [4.69, 9.17) is 10.9 Å². The summed E-state index contributed by atoms with van der Waals surface area (Å²) in [6.07, 6.45) is 2.41. The topological polar surface area (TPSA) is 154 Å². The number of carbonyl (C=O) groups excluding carboxylic acids is 1. The highest BCUT2D eigenvalue weighted by Gasteiger charge is 2.13. The summed E-state index contributed by atoms with van der Waals surface area (Å²) in [7, 11) is 0. The van der Waals surface area contributed by atoms with Crippen molar-refractivity contribution in [2.24, 2.45) is 10.9 Å². The van der Waals surface area contributed by atoms with Crippen molar-refractivity contribution in [1.29, 1.82) is 0 Å². The second kappa shape index (κ2) is 7.84. The highest BCUT2D eigenvalue weighted by Crippen LogP contribution is 2.24. The van der Waals surface area contributed by atoms with Crippen molar-refractivity contribution in [1.82, 2.24) is 20.4 Å². The molecule has 0 saturated heterocycles. The fraction of sp³-hybridized carbons (Fsp3) is 0.133. The molecule has 0 aliphatic carbocycles. The van der Waals surface area contributed by atoms with Crippen LogP contribution in [-0.4, -0.2) is 49.4 Å². The van der Waals surface area contributed by atoms with Crippen LogP contribution in [-0.2, 0) is 0 Å². The minimum Gasteiger partial charge on any atom is -0.507 e. The van der Waals surface area contributed by atoms with E-state index in [1.807, 2.05) is 0 Å². The zero-order valence-electron chi connectivity index (χ0n) is 13.2. The van der Waals surface area contributed by atoms with Gasteiger partial charge in [0.25, 0.3) is 0 Å². The van der Waals surface area contributed by atoms with Gasteiger partial charge in [0.2, 0.25) is 0 Å². The van der Waals surface area contributed by atoms with E-state index >= 15 is 0 Å². The van der Waals surface area contributed by atoms with E-state index in [9.17, 15) is 14.7 Å². The Morgan fingerprint density at radius 1 is 1.28 bits per heavy atom. The smallest absolute Gasteiger partial charge is 0.352 e. The third kappa shape index (κ3) is 4.72. The van der Waals surface area contributed by atoms with Gasteiger partial charge < -0.3 is 10.2 Å². The molecule has 2 aromatic rings. The van der Waals surface area contributed by atoms with Gasteiger partial charge in [-0.25, -0.2) is 30.8 Å². The highest BCUT2D eigenvalue weighted by atomic mass is 16.4. The van der Waals surface area contributed by atoms with Gasteiger partial charge in [-0.05, 0) is 19.1 Å². The van der Waals surface area contributed by atoms with E-state index in [1.54, 1.807) is 25.1 Å². The maximum absolute atomic E-state index is 10.6. The summed E-state index contributed by atoms with van der Waals surface area (Å²) >= 11 is 0. The number of aromatic carboxylic acids is 1. The fourth-order valence-electron chi connectivity index (χ4n) is 1.80. The fourth-order valence-corrected chi connectivity index (χ4v) is 1.80. The van der Waals surface area contributed by atoms with Gasteiger partial charge in [-0.2, -0.15) is 5.10 Å². The van der Waals surface area contributed by atoms with Gasteiger partial charge in [-0.3, -0.25) is 5.01 Å². The monoisotopic (exact) mass is 344 g/mol. The van der Waals surface area contributed by atoms with Gasteiger partial charge in [0, 0.05) is 12.4 Å². The number of urea groups is 1. The van der Waals surface area contributed by atoms with Crippen molar-refractivity contribution in [3.05, 3.63) is 42.2 Å². The molecule has 0 saturated carbocycles. The summed E-state index contributed by atoms with van der Waals surface area (Å²) in [6.45, 7) is 2.20. The Balaban J connectivity index is 0.000000212. The Labute approximate surface area is 142 Å². The predicted octanol–water partition coefficient (Wildman–Crippen LogP) is 0.809. The van der Waals surface area contributed by atoms with Crippen LogP contribution in [0.15, 0.2) is 41.8 Å². The zero-order chi connectivity index (χ0) is 18.4. The first kappa shape index (κ1) is 17.8. The molecule has 1 aromatic carbocycles.